The molecule has 46 heavy (non-hydrogen) atoms. The van der Waals surface area contributed by atoms with Gasteiger partial charge in [0.1, 0.15) is 11.2 Å². The summed E-state index contributed by atoms with van der Waals surface area (Å²) < 4.78 is 6.21. The number of rotatable bonds is 2. The maximum Gasteiger partial charge on any atom is 0.136 e. The molecule has 1 heteroatoms. The molecular formula is C45H30O. The van der Waals surface area contributed by atoms with Gasteiger partial charge in [-0.1, -0.05) is 135 Å². The van der Waals surface area contributed by atoms with Crippen molar-refractivity contribution >= 4 is 54.3 Å². The highest BCUT2D eigenvalue weighted by Gasteiger charge is 2.37. The van der Waals surface area contributed by atoms with E-state index in [-0.39, 0.29) is 5.41 Å². The van der Waals surface area contributed by atoms with Crippen LogP contribution in [0.15, 0.2) is 150 Å². The average molecular weight is 587 g/mol. The number of benzene rings is 8. The van der Waals surface area contributed by atoms with Gasteiger partial charge in [-0.2, -0.15) is 0 Å². The predicted molar refractivity (Wildman–Crippen MR) is 195 cm³/mol. The van der Waals surface area contributed by atoms with Gasteiger partial charge in [0, 0.05) is 16.2 Å². The number of hydrogen-bond acceptors (Lipinski definition) is 1. The molecule has 1 nitrogen and oxygen atoms in total. The van der Waals surface area contributed by atoms with Gasteiger partial charge in [0.25, 0.3) is 0 Å². The van der Waals surface area contributed by atoms with Crippen molar-refractivity contribution in [2.24, 2.45) is 0 Å². The van der Waals surface area contributed by atoms with Gasteiger partial charge >= 0.3 is 0 Å². The summed E-state index contributed by atoms with van der Waals surface area (Å²) >= 11 is 0. The maximum absolute atomic E-state index is 6.21. The van der Waals surface area contributed by atoms with Crippen molar-refractivity contribution in [1.29, 1.82) is 0 Å². The van der Waals surface area contributed by atoms with E-state index in [1.807, 2.05) is 12.1 Å². The smallest absolute Gasteiger partial charge is 0.136 e. The zero-order chi connectivity index (χ0) is 30.6. The number of hydrogen-bond donors (Lipinski definition) is 0. The third-order valence-corrected chi connectivity index (χ3v) is 10.4. The molecule has 0 bridgehead atoms. The molecule has 0 unspecified atom stereocenters. The molecule has 1 aliphatic rings. The molecular weight excluding hydrogens is 556 g/mol. The molecule has 216 valence electrons. The standard InChI is InChI=1S/C45H30O/c1-45(2)39-18-7-5-14-33(39)36-24-23-35-32-22-21-28(26-38(32)31-13-3-4-15-34(31)43(35)44(36)45)27-11-9-12-29(25-27)30-17-10-20-41-42(30)37-16-6-8-19-40(37)46-41/h3-26H,1-2H3. The molecule has 0 amide bonds. The zero-order valence-electron chi connectivity index (χ0n) is 25.8. The first kappa shape index (κ1) is 25.6. The number of furan rings is 1. The van der Waals surface area contributed by atoms with Crippen LogP contribution in [-0.2, 0) is 5.41 Å². The maximum atomic E-state index is 6.21. The van der Waals surface area contributed by atoms with Gasteiger partial charge < -0.3 is 4.42 Å². The van der Waals surface area contributed by atoms with Crippen LogP contribution in [-0.4, -0.2) is 0 Å². The molecule has 0 fully saturated rings. The minimum Gasteiger partial charge on any atom is -0.456 e. The second-order valence-corrected chi connectivity index (χ2v) is 13.2. The van der Waals surface area contributed by atoms with Crippen molar-refractivity contribution < 1.29 is 4.42 Å². The quantitative estimate of drug-likeness (QED) is 0.184. The molecule has 10 rings (SSSR count). The van der Waals surface area contributed by atoms with Crippen molar-refractivity contribution in [1.82, 2.24) is 0 Å². The Balaban J connectivity index is 1.20. The topological polar surface area (TPSA) is 13.1 Å². The van der Waals surface area contributed by atoms with Crippen LogP contribution in [0.5, 0.6) is 0 Å². The molecule has 0 aliphatic heterocycles. The van der Waals surface area contributed by atoms with Crippen LogP contribution in [0.4, 0.5) is 0 Å². The summed E-state index contributed by atoms with van der Waals surface area (Å²) in [4.78, 5) is 0. The van der Waals surface area contributed by atoms with Crippen molar-refractivity contribution in [2.45, 2.75) is 19.3 Å². The predicted octanol–water partition coefficient (Wildman–Crippen LogP) is 12.7. The Hall–Kier alpha value is -5.66. The summed E-state index contributed by atoms with van der Waals surface area (Å²) in [5.74, 6) is 0. The van der Waals surface area contributed by atoms with Crippen molar-refractivity contribution in [3.63, 3.8) is 0 Å². The number of fused-ring (bicyclic) bond motifs is 13. The lowest BCUT2D eigenvalue weighted by Gasteiger charge is -2.24. The molecule has 1 aromatic heterocycles. The summed E-state index contributed by atoms with van der Waals surface area (Å²) in [6.07, 6.45) is 0. The summed E-state index contributed by atoms with van der Waals surface area (Å²) in [5.41, 5.74) is 12.2. The Morgan fingerprint density at radius 3 is 1.93 bits per heavy atom. The third-order valence-electron chi connectivity index (χ3n) is 10.4. The van der Waals surface area contributed by atoms with Gasteiger partial charge in [-0.15, -0.1) is 0 Å². The molecule has 1 heterocycles. The van der Waals surface area contributed by atoms with Gasteiger partial charge in [-0.05, 0) is 101 Å². The van der Waals surface area contributed by atoms with E-state index in [1.165, 1.54) is 82.2 Å². The third kappa shape index (κ3) is 3.40. The van der Waals surface area contributed by atoms with Crippen LogP contribution in [0.2, 0.25) is 0 Å². The van der Waals surface area contributed by atoms with E-state index < -0.39 is 0 Å². The molecule has 8 aromatic carbocycles. The Kier molecular flexibility index (Phi) is 5.12. The molecule has 0 saturated heterocycles. The second kappa shape index (κ2) is 9.19. The van der Waals surface area contributed by atoms with E-state index in [2.05, 4.69) is 147 Å². The van der Waals surface area contributed by atoms with E-state index in [4.69, 9.17) is 4.42 Å². The van der Waals surface area contributed by atoms with Gasteiger partial charge in [0.15, 0.2) is 0 Å². The first-order valence-electron chi connectivity index (χ1n) is 16.1. The number of para-hydroxylation sites is 1. The van der Waals surface area contributed by atoms with Crippen LogP contribution in [0.25, 0.3) is 87.6 Å². The fourth-order valence-electron chi connectivity index (χ4n) is 8.38. The minimum atomic E-state index is -0.0779. The highest BCUT2D eigenvalue weighted by atomic mass is 16.3. The molecule has 9 aromatic rings. The van der Waals surface area contributed by atoms with Crippen LogP contribution in [0.1, 0.15) is 25.0 Å². The average Bonchev–Trinajstić information content (AvgIpc) is 3.60. The molecule has 0 N–H and O–H groups in total. The summed E-state index contributed by atoms with van der Waals surface area (Å²) in [6.45, 7) is 4.78. The molecule has 0 spiro atoms. The lowest BCUT2D eigenvalue weighted by molar-refractivity contribution is 0.666. The Labute approximate surface area is 267 Å². The highest BCUT2D eigenvalue weighted by Crippen LogP contribution is 2.53. The first-order valence-corrected chi connectivity index (χ1v) is 16.1. The summed E-state index contributed by atoms with van der Waals surface area (Å²) in [6, 6.07) is 53.3. The van der Waals surface area contributed by atoms with E-state index >= 15 is 0 Å². The van der Waals surface area contributed by atoms with Gasteiger partial charge in [0.05, 0.1) is 0 Å². The minimum absolute atomic E-state index is 0.0779. The Morgan fingerprint density at radius 2 is 1.02 bits per heavy atom. The van der Waals surface area contributed by atoms with Crippen LogP contribution < -0.4 is 0 Å². The van der Waals surface area contributed by atoms with Gasteiger partial charge in [0.2, 0.25) is 0 Å². The van der Waals surface area contributed by atoms with Crippen molar-refractivity contribution in [3.8, 4) is 33.4 Å². The van der Waals surface area contributed by atoms with E-state index in [0.29, 0.717) is 0 Å². The van der Waals surface area contributed by atoms with Crippen LogP contribution in [0.3, 0.4) is 0 Å². The van der Waals surface area contributed by atoms with Crippen molar-refractivity contribution in [2.75, 3.05) is 0 Å². The molecule has 1 aliphatic carbocycles. The highest BCUT2D eigenvalue weighted by molar-refractivity contribution is 6.28. The zero-order valence-corrected chi connectivity index (χ0v) is 25.8. The molecule has 0 saturated carbocycles. The summed E-state index contributed by atoms with van der Waals surface area (Å²) in [5, 5.41) is 10.3. The fraction of sp³-hybridized carbons (Fsp3) is 0.0667. The van der Waals surface area contributed by atoms with Crippen LogP contribution in [0, 0.1) is 0 Å². The van der Waals surface area contributed by atoms with Crippen LogP contribution >= 0.6 is 0 Å². The first-order chi connectivity index (χ1) is 22.6. The van der Waals surface area contributed by atoms with Crippen molar-refractivity contribution in [3.05, 3.63) is 157 Å². The van der Waals surface area contributed by atoms with E-state index in [0.717, 1.165) is 16.6 Å². The monoisotopic (exact) mass is 586 g/mol. The largest absolute Gasteiger partial charge is 0.456 e. The Bertz CT molecular complexity index is 2700. The molecule has 0 atom stereocenters. The van der Waals surface area contributed by atoms with Gasteiger partial charge in [-0.25, -0.2) is 0 Å². The van der Waals surface area contributed by atoms with E-state index in [9.17, 15) is 0 Å². The van der Waals surface area contributed by atoms with E-state index in [1.54, 1.807) is 0 Å². The Morgan fingerprint density at radius 1 is 0.391 bits per heavy atom. The molecule has 0 radical (unpaired) electrons. The lowest BCUT2D eigenvalue weighted by atomic mass is 9.78. The lowest BCUT2D eigenvalue weighted by Crippen LogP contribution is -2.15. The summed E-state index contributed by atoms with van der Waals surface area (Å²) in [7, 11) is 0. The SMILES string of the molecule is CC1(C)c2ccccc2-c2ccc3c4ccc(-c5cccc(-c6cccc7oc8ccccc8c67)c5)cc4c4ccccc4c3c21. The fourth-order valence-corrected chi connectivity index (χ4v) is 8.38. The second-order valence-electron chi connectivity index (χ2n) is 13.2. The van der Waals surface area contributed by atoms with Gasteiger partial charge in [-0.3, -0.25) is 0 Å². The normalized spacial score (nSPS) is 13.6.